The number of rotatable bonds is 4. The summed E-state index contributed by atoms with van der Waals surface area (Å²) in [7, 11) is 1.99. The zero-order chi connectivity index (χ0) is 14.0. The van der Waals surface area contributed by atoms with E-state index in [1.165, 1.54) is 5.56 Å². The minimum absolute atomic E-state index is 0.591. The van der Waals surface area contributed by atoms with E-state index < -0.39 is 5.60 Å². The summed E-state index contributed by atoms with van der Waals surface area (Å²) in [5.41, 5.74) is 1.73. The molecule has 0 radical (unpaired) electrons. The summed E-state index contributed by atoms with van der Waals surface area (Å²) in [6, 6.07) is 0. The van der Waals surface area contributed by atoms with Gasteiger partial charge in [-0.05, 0) is 33.2 Å². The van der Waals surface area contributed by atoms with Gasteiger partial charge in [0.15, 0.2) is 0 Å². The number of nitrogens with zero attached hydrogens (tertiary/aromatic N) is 3. The van der Waals surface area contributed by atoms with Crippen LogP contribution in [0.4, 0.5) is 5.82 Å². The highest BCUT2D eigenvalue weighted by molar-refractivity contribution is 5.51. The summed E-state index contributed by atoms with van der Waals surface area (Å²) in [5, 5.41) is 18.2. The largest absolute Gasteiger partial charge is 0.388 e. The van der Waals surface area contributed by atoms with Crippen LogP contribution >= 0.6 is 0 Å². The maximum absolute atomic E-state index is 10.3. The number of nitrogens with one attached hydrogen (secondary N) is 1. The standard InChI is InChI=1S/C14H26N4O/c1-5-15-9-12-11(2)16-17(4)13(12)18-8-6-7-14(3,19)10-18/h15,19H,5-10H2,1-4H3. The maximum atomic E-state index is 10.3. The van der Waals surface area contributed by atoms with Gasteiger partial charge in [0, 0.05) is 32.2 Å². The van der Waals surface area contributed by atoms with E-state index in [0.29, 0.717) is 6.54 Å². The fourth-order valence-corrected chi connectivity index (χ4v) is 2.94. The van der Waals surface area contributed by atoms with E-state index in [4.69, 9.17) is 0 Å². The van der Waals surface area contributed by atoms with Crippen molar-refractivity contribution in [1.29, 1.82) is 0 Å². The normalized spacial score (nSPS) is 23.9. The summed E-state index contributed by atoms with van der Waals surface area (Å²) in [4.78, 5) is 2.27. The molecule has 0 saturated carbocycles. The molecular formula is C14H26N4O. The molecule has 1 atom stereocenters. The van der Waals surface area contributed by atoms with Gasteiger partial charge in [-0.1, -0.05) is 6.92 Å². The van der Waals surface area contributed by atoms with Crippen molar-refractivity contribution in [2.75, 3.05) is 24.5 Å². The van der Waals surface area contributed by atoms with Gasteiger partial charge in [-0.3, -0.25) is 4.68 Å². The van der Waals surface area contributed by atoms with Crippen molar-refractivity contribution >= 4 is 5.82 Å². The van der Waals surface area contributed by atoms with E-state index in [-0.39, 0.29) is 0 Å². The molecule has 0 aliphatic carbocycles. The fourth-order valence-electron chi connectivity index (χ4n) is 2.94. The van der Waals surface area contributed by atoms with Crippen LogP contribution in [0.3, 0.4) is 0 Å². The molecule has 1 unspecified atom stereocenters. The van der Waals surface area contributed by atoms with E-state index in [1.807, 2.05) is 18.7 Å². The predicted octanol–water partition coefficient (Wildman–Crippen LogP) is 1.19. The molecule has 5 nitrogen and oxygen atoms in total. The summed E-state index contributed by atoms with van der Waals surface area (Å²) in [5.74, 6) is 1.15. The van der Waals surface area contributed by atoms with Crippen molar-refractivity contribution in [2.45, 2.75) is 45.8 Å². The van der Waals surface area contributed by atoms with Crippen LogP contribution in [0, 0.1) is 6.92 Å². The van der Waals surface area contributed by atoms with Crippen molar-refractivity contribution in [3.05, 3.63) is 11.3 Å². The number of aryl methyl sites for hydroxylation is 2. The third kappa shape index (κ3) is 3.09. The number of hydrogen-bond donors (Lipinski definition) is 2. The highest BCUT2D eigenvalue weighted by Gasteiger charge is 2.31. The first-order chi connectivity index (χ1) is 8.94. The van der Waals surface area contributed by atoms with Crippen molar-refractivity contribution in [3.8, 4) is 0 Å². The molecule has 108 valence electrons. The Kier molecular flexibility index (Phi) is 4.16. The minimum atomic E-state index is -0.591. The van der Waals surface area contributed by atoms with Gasteiger partial charge in [-0.15, -0.1) is 0 Å². The Hall–Kier alpha value is -1.07. The average molecular weight is 266 g/mol. The van der Waals surface area contributed by atoms with Crippen LogP contribution in [0.2, 0.25) is 0 Å². The third-order valence-corrected chi connectivity index (χ3v) is 3.84. The highest BCUT2D eigenvalue weighted by atomic mass is 16.3. The first-order valence-corrected chi connectivity index (χ1v) is 7.15. The van der Waals surface area contributed by atoms with Gasteiger partial charge in [0.1, 0.15) is 5.82 Å². The van der Waals surface area contributed by atoms with E-state index in [0.717, 1.165) is 44.0 Å². The molecule has 1 aliphatic rings. The molecule has 2 heterocycles. The molecule has 2 N–H and O–H groups in total. The number of hydrogen-bond acceptors (Lipinski definition) is 4. The SMILES string of the molecule is CCNCc1c(C)nn(C)c1N1CCCC(C)(O)C1. The first kappa shape index (κ1) is 14.3. The lowest BCUT2D eigenvalue weighted by Crippen LogP contribution is -2.47. The lowest BCUT2D eigenvalue weighted by Gasteiger charge is -2.38. The Balaban J connectivity index is 2.27. The molecule has 1 saturated heterocycles. The van der Waals surface area contributed by atoms with Crippen LogP contribution in [-0.4, -0.2) is 40.1 Å². The topological polar surface area (TPSA) is 53.3 Å². The van der Waals surface area contributed by atoms with Crippen LogP contribution in [0.5, 0.6) is 0 Å². The lowest BCUT2D eigenvalue weighted by molar-refractivity contribution is 0.0445. The smallest absolute Gasteiger partial charge is 0.131 e. The van der Waals surface area contributed by atoms with Crippen molar-refractivity contribution in [1.82, 2.24) is 15.1 Å². The van der Waals surface area contributed by atoms with Gasteiger partial charge in [0.2, 0.25) is 0 Å². The highest BCUT2D eigenvalue weighted by Crippen LogP contribution is 2.29. The van der Waals surface area contributed by atoms with Crippen LogP contribution in [0.15, 0.2) is 0 Å². The number of aromatic nitrogens is 2. The van der Waals surface area contributed by atoms with Gasteiger partial charge in [0.05, 0.1) is 11.3 Å². The first-order valence-electron chi connectivity index (χ1n) is 7.15. The summed E-state index contributed by atoms with van der Waals surface area (Å²) in [6.07, 6.45) is 1.90. The van der Waals surface area contributed by atoms with Gasteiger partial charge >= 0.3 is 0 Å². The molecule has 1 aromatic heterocycles. The lowest BCUT2D eigenvalue weighted by atomic mass is 9.95. The van der Waals surface area contributed by atoms with Gasteiger partial charge in [-0.2, -0.15) is 5.10 Å². The molecule has 0 amide bonds. The summed E-state index contributed by atoms with van der Waals surface area (Å²) >= 11 is 0. The summed E-state index contributed by atoms with van der Waals surface area (Å²) < 4.78 is 1.95. The van der Waals surface area contributed by atoms with E-state index in [9.17, 15) is 5.11 Å². The molecule has 2 rings (SSSR count). The molecule has 1 fully saturated rings. The van der Waals surface area contributed by atoms with Crippen LogP contribution < -0.4 is 10.2 Å². The third-order valence-electron chi connectivity index (χ3n) is 3.84. The molecule has 1 aliphatic heterocycles. The molecule has 0 bridgehead atoms. The molecule has 0 aromatic carbocycles. The molecule has 0 spiro atoms. The molecule has 5 heteroatoms. The Morgan fingerprint density at radius 1 is 1.47 bits per heavy atom. The second-order valence-electron chi connectivity index (χ2n) is 5.81. The molecule has 1 aromatic rings. The van der Waals surface area contributed by atoms with E-state index >= 15 is 0 Å². The second-order valence-corrected chi connectivity index (χ2v) is 5.81. The van der Waals surface area contributed by atoms with Crippen molar-refractivity contribution < 1.29 is 5.11 Å². The Bertz CT molecular complexity index is 439. The number of anilines is 1. The molecular weight excluding hydrogens is 240 g/mol. The number of β-amino-alcohol motifs (C(OH)–C–C–N with tert-alkyl or cyclic N) is 1. The van der Waals surface area contributed by atoms with Crippen LogP contribution in [-0.2, 0) is 13.6 Å². The monoisotopic (exact) mass is 266 g/mol. The minimum Gasteiger partial charge on any atom is -0.388 e. The Labute approximate surface area is 115 Å². The maximum Gasteiger partial charge on any atom is 0.131 e. The van der Waals surface area contributed by atoms with Crippen molar-refractivity contribution in [2.24, 2.45) is 7.05 Å². The quantitative estimate of drug-likeness (QED) is 0.859. The van der Waals surface area contributed by atoms with E-state index in [1.54, 1.807) is 0 Å². The zero-order valence-electron chi connectivity index (χ0n) is 12.5. The molecule has 19 heavy (non-hydrogen) atoms. The zero-order valence-corrected chi connectivity index (χ0v) is 12.5. The average Bonchev–Trinajstić information content (AvgIpc) is 2.60. The number of piperidine rings is 1. The predicted molar refractivity (Wildman–Crippen MR) is 77.4 cm³/mol. The fraction of sp³-hybridized carbons (Fsp3) is 0.786. The van der Waals surface area contributed by atoms with Gasteiger partial charge in [-0.25, -0.2) is 0 Å². The van der Waals surface area contributed by atoms with Crippen LogP contribution in [0.25, 0.3) is 0 Å². The number of aliphatic hydroxyl groups is 1. The van der Waals surface area contributed by atoms with Gasteiger partial charge < -0.3 is 15.3 Å². The Morgan fingerprint density at radius 2 is 2.21 bits per heavy atom. The van der Waals surface area contributed by atoms with Gasteiger partial charge in [0.25, 0.3) is 0 Å². The second kappa shape index (κ2) is 5.51. The Morgan fingerprint density at radius 3 is 2.84 bits per heavy atom. The van der Waals surface area contributed by atoms with E-state index in [2.05, 4.69) is 29.2 Å². The van der Waals surface area contributed by atoms with Crippen molar-refractivity contribution in [3.63, 3.8) is 0 Å². The summed E-state index contributed by atoms with van der Waals surface area (Å²) in [6.45, 7) is 9.55. The van der Waals surface area contributed by atoms with Crippen LogP contribution in [0.1, 0.15) is 37.9 Å².